The quantitative estimate of drug-likeness (QED) is 0.871. The molecule has 0 aromatic heterocycles. The molecule has 0 aliphatic carbocycles. The largest absolute Gasteiger partial charge is 0.495 e. The minimum atomic E-state index is -2.89. The molecule has 21 heavy (non-hydrogen) atoms. The summed E-state index contributed by atoms with van der Waals surface area (Å²) in [5.41, 5.74) is 1.02. The molecule has 4 nitrogen and oxygen atoms in total. The van der Waals surface area contributed by atoms with Crippen LogP contribution in [0.3, 0.4) is 0 Å². The van der Waals surface area contributed by atoms with Gasteiger partial charge in [-0.1, -0.05) is 24.6 Å². The van der Waals surface area contributed by atoms with Crippen molar-refractivity contribution in [1.82, 2.24) is 5.32 Å². The van der Waals surface area contributed by atoms with Crippen LogP contribution in [0.5, 0.6) is 5.75 Å². The van der Waals surface area contributed by atoms with Crippen molar-refractivity contribution in [2.75, 3.05) is 25.2 Å². The van der Waals surface area contributed by atoms with Gasteiger partial charge in [-0.3, -0.25) is 0 Å². The number of sulfone groups is 1. The smallest absolute Gasteiger partial charge is 0.150 e. The monoisotopic (exact) mass is 331 g/mol. The molecular weight excluding hydrogens is 310 g/mol. The number of methoxy groups -OCH3 is 1. The van der Waals surface area contributed by atoms with Gasteiger partial charge in [-0.15, -0.1) is 0 Å². The van der Waals surface area contributed by atoms with Crippen LogP contribution in [0.15, 0.2) is 18.2 Å². The number of ether oxygens (including phenoxy) is 1. The summed E-state index contributed by atoms with van der Waals surface area (Å²) >= 11 is 6.20. The Kier molecular flexibility index (Phi) is 5.52. The van der Waals surface area contributed by atoms with E-state index in [0.717, 1.165) is 18.5 Å². The summed E-state index contributed by atoms with van der Waals surface area (Å²) in [7, 11) is -1.31. The maximum Gasteiger partial charge on any atom is 0.150 e. The van der Waals surface area contributed by atoms with Crippen molar-refractivity contribution in [2.24, 2.45) is 5.92 Å². The molecule has 0 radical (unpaired) electrons. The second-order valence-electron chi connectivity index (χ2n) is 5.49. The van der Waals surface area contributed by atoms with Crippen molar-refractivity contribution < 1.29 is 13.2 Å². The van der Waals surface area contributed by atoms with E-state index >= 15 is 0 Å². The third-order valence-electron chi connectivity index (χ3n) is 3.89. The molecular formula is C15H22ClNO3S. The first kappa shape index (κ1) is 16.6. The van der Waals surface area contributed by atoms with Crippen LogP contribution >= 0.6 is 11.6 Å². The highest BCUT2D eigenvalue weighted by Gasteiger charge is 2.34. The van der Waals surface area contributed by atoms with Crippen molar-refractivity contribution in [2.45, 2.75) is 25.8 Å². The lowest BCUT2D eigenvalue weighted by Gasteiger charge is -2.25. The molecule has 1 heterocycles. The Bertz CT molecular complexity index is 589. The molecule has 0 saturated carbocycles. The van der Waals surface area contributed by atoms with Gasteiger partial charge in [0.1, 0.15) is 5.75 Å². The van der Waals surface area contributed by atoms with E-state index in [-0.39, 0.29) is 23.5 Å². The molecule has 1 fully saturated rings. The molecule has 1 N–H and O–H groups in total. The Morgan fingerprint density at radius 3 is 2.76 bits per heavy atom. The van der Waals surface area contributed by atoms with E-state index in [9.17, 15) is 8.42 Å². The minimum absolute atomic E-state index is 0.0191. The van der Waals surface area contributed by atoms with Crippen LogP contribution in [0, 0.1) is 5.92 Å². The third-order valence-corrected chi connectivity index (χ3v) is 5.98. The van der Waals surface area contributed by atoms with Crippen LogP contribution in [-0.2, 0) is 9.84 Å². The molecule has 1 aliphatic rings. The second-order valence-corrected chi connectivity index (χ2v) is 8.12. The highest BCUT2D eigenvalue weighted by atomic mass is 35.5. The summed E-state index contributed by atoms with van der Waals surface area (Å²) in [5, 5.41) is 4.02. The molecule has 6 heteroatoms. The maximum absolute atomic E-state index is 11.7. The fourth-order valence-corrected chi connectivity index (χ4v) is 4.93. The molecule has 1 aromatic rings. The summed E-state index contributed by atoms with van der Waals surface area (Å²) in [6.07, 6.45) is 1.70. The third kappa shape index (κ3) is 4.11. The Labute approximate surface area is 131 Å². The van der Waals surface area contributed by atoms with Crippen LogP contribution in [0.2, 0.25) is 5.02 Å². The number of benzene rings is 1. The van der Waals surface area contributed by atoms with Crippen molar-refractivity contribution in [1.29, 1.82) is 0 Å². The lowest BCUT2D eigenvalue weighted by molar-refractivity contribution is 0.390. The summed E-state index contributed by atoms with van der Waals surface area (Å²) < 4.78 is 28.7. The molecule has 0 amide bonds. The first-order valence-electron chi connectivity index (χ1n) is 7.24. The van der Waals surface area contributed by atoms with Crippen molar-refractivity contribution in [3.8, 4) is 5.75 Å². The van der Waals surface area contributed by atoms with Crippen LogP contribution in [-0.4, -0.2) is 33.6 Å². The molecule has 2 rings (SSSR count). The Morgan fingerprint density at radius 1 is 1.48 bits per heavy atom. The molecule has 0 bridgehead atoms. The molecule has 2 atom stereocenters. The van der Waals surface area contributed by atoms with E-state index in [4.69, 9.17) is 16.3 Å². The van der Waals surface area contributed by atoms with Gasteiger partial charge in [0, 0.05) is 6.04 Å². The van der Waals surface area contributed by atoms with Gasteiger partial charge in [-0.25, -0.2) is 8.42 Å². The predicted molar refractivity (Wildman–Crippen MR) is 85.8 cm³/mol. The van der Waals surface area contributed by atoms with Crippen LogP contribution in [0.4, 0.5) is 0 Å². The number of halogens is 1. The molecule has 1 saturated heterocycles. The van der Waals surface area contributed by atoms with Gasteiger partial charge in [-0.2, -0.15) is 0 Å². The predicted octanol–water partition coefficient (Wildman–Crippen LogP) is 2.82. The van der Waals surface area contributed by atoms with Crippen LogP contribution < -0.4 is 10.1 Å². The number of hydrogen-bond donors (Lipinski definition) is 1. The number of nitrogens with one attached hydrogen (secondary N) is 1. The number of hydrogen-bond acceptors (Lipinski definition) is 4. The van der Waals surface area contributed by atoms with Gasteiger partial charge in [0.05, 0.1) is 23.6 Å². The minimum Gasteiger partial charge on any atom is -0.495 e. The first-order valence-corrected chi connectivity index (χ1v) is 9.44. The van der Waals surface area contributed by atoms with Gasteiger partial charge < -0.3 is 10.1 Å². The zero-order valence-electron chi connectivity index (χ0n) is 12.4. The van der Waals surface area contributed by atoms with Crippen molar-refractivity contribution >= 4 is 21.4 Å². The van der Waals surface area contributed by atoms with Gasteiger partial charge in [0.25, 0.3) is 0 Å². The van der Waals surface area contributed by atoms with Crippen LogP contribution in [0.1, 0.15) is 31.4 Å². The lowest BCUT2D eigenvalue weighted by Crippen LogP contribution is -2.29. The van der Waals surface area contributed by atoms with Gasteiger partial charge in [0.15, 0.2) is 9.84 Å². The van der Waals surface area contributed by atoms with Gasteiger partial charge >= 0.3 is 0 Å². The number of rotatable bonds is 6. The zero-order chi connectivity index (χ0) is 15.5. The fraction of sp³-hybridized carbons (Fsp3) is 0.600. The Morgan fingerprint density at radius 2 is 2.24 bits per heavy atom. The van der Waals surface area contributed by atoms with E-state index in [1.807, 2.05) is 18.2 Å². The summed E-state index contributed by atoms with van der Waals surface area (Å²) in [4.78, 5) is 0. The zero-order valence-corrected chi connectivity index (χ0v) is 14.0. The van der Waals surface area contributed by atoms with Gasteiger partial charge in [0.2, 0.25) is 0 Å². The Hall–Kier alpha value is -0.780. The molecule has 118 valence electrons. The molecule has 0 spiro atoms. The summed E-state index contributed by atoms with van der Waals surface area (Å²) in [6.45, 7) is 2.95. The van der Waals surface area contributed by atoms with Gasteiger partial charge in [-0.05, 0) is 43.0 Å². The van der Waals surface area contributed by atoms with E-state index < -0.39 is 9.84 Å². The average molecular weight is 332 g/mol. The van der Waals surface area contributed by atoms with E-state index in [1.165, 1.54) is 0 Å². The highest BCUT2D eigenvalue weighted by molar-refractivity contribution is 7.91. The van der Waals surface area contributed by atoms with E-state index in [0.29, 0.717) is 17.2 Å². The van der Waals surface area contributed by atoms with E-state index in [1.54, 1.807) is 7.11 Å². The molecule has 1 aliphatic heterocycles. The van der Waals surface area contributed by atoms with Crippen molar-refractivity contribution in [3.63, 3.8) is 0 Å². The van der Waals surface area contributed by atoms with Crippen molar-refractivity contribution in [3.05, 3.63) is 28.8 Å². The van der Waals surface area contributed by atoms with Crippen LogP contribution in [0.25, 0.3) is 0 Å². The fourth-order valence-electron chi connectivity index (χ4n) is 2.82. The SMILES string of the molecule is CCCNC(c1ccc(OC)c(Cl)c1)C1CCS(=O)(=O)C1. The Balaban J connectivity index is 2.25. The highest BCUT2D eigenvalue weighted by Crippen LogP contribution is 2.34. The maximum atomic E-state index is 11.7. The first-order chi connectivity index (χ1) is 9.96. The normalized spacial score (nSPS) is 22.1. The lowest BCUT2D eigenvalue weighted by atomic mass is 9.92. The topological polar surface area (TPSA) is 55.4 Å². The second kappa shape index (κ2) is 6.99. The summed E-state index contributed by atoms with van der Waals surface area (Å²) in [5.74, 6) is 1.27. The standard InChI is InChI=1S/C15H22ClNO3S/c1-3-7-17-15(12-6-8-21(18,19)10-12)11-4-5-14(20-2)13(16)9-11/h4-5,9,12,15,17H,3,6-8,10H2,1-2H3. The molecule has 2 unspecified atom stereocenters. The average Bonchev–Trinajstić information content (AvgIpc) is 2.79. The van der Waals surface area contributed by atoms with E-state index in [2.05, 4.69) is 12.2 Å². The molecule has 1 aromatic carbocycles. The summed E-state index contributed by atoms with van der Waals surface area (Å²) in [6, 6.07) is 5.69.